The average Bonchev–Trinajstić information content (AvgIpc) is 2.94. The molecule has 0 radical (unpaired) electrons. The van der Waals surface area contributed by atoms with Crippen molar-refractivity contribution in [2.24, 2.45) is 17.8 Å². The highest BCUT2D eigenvalue weighted by Crippen LogP contribution is 2.55. The standard InChI is InChI=1S/C22H27N3O5S/c26-6-5-25-20(27)10-19(21(25)28)23-17-1-3-18(4-2-17)31(29,30)24-22-11-14-7-15(12-22)9-16(8-14)13-22/h1-4,10,14-16,23-24,26H,5-9,11-13H2. The highest BCUT2D eigenvalue weighted by molar-refractivity contribution is 7.89. The normalized spacial score (nSPS) is 32.0. The molecular weight excluding hydrogens is 418 g/mol. The molecule has 4 bridgehead atoms. The molecule has 31 heavy (non-hydrogen) atoms. The third-order valence-electron chi connectivity index (χ3n) is 7.17. The maximum absolute atomic E-state index is 13.1. The second-order valence-corrected chi connectivity index (χ2v) is 11.2. The van der Waals surface area contributed by atoms with Crippen LogP contribution in [0.1, 0.15) is 38.5 Å². The van der Waals surface area contributed by atoms with Gasteiger partial charge in [-0.1, -0.05) is 0 Å². The van der Waals surface area contributed by atoms with Crippen LogP contribution < -0.4 is 10.0 Å². The second kappa shape index (κ2) is 7.43. The number of aliphatic hydroxyl groups is 1. The number of benzene rings is 1. The third-order valence-corrected chi connectivity index (χ3v) is 8.76. The maximum Gasteiger partial charge on any atom is 0.277 e. The number of hydrogen-bond donors (Lipinski definition) is 3. The van der Waals surface area contributed by atoms with Crippen molar-refractivity contribution in [2.45, 2.75) is 49.0 Å². The van der Waals surface area contributed by atoms with Crippen LogP contribution in [0, 0.1) is 17.8 Å². The Hall–Kier alpha value is -2.23. The minimum Gasteiger partial charge on any atom is -0.395 e. The van der Waals surface area contributed by atoms with Crippen LogP contribution in [0.2, 0.25) is 0 Å². The molecule has 166 valence electrons. The Balaban J connectivity index is 1.28. The van der Waals surface area contributed by atoms with E-state index in [9.17, 15) is 18.0 Å². The zero-order chi connectivity index (χ0) is 21.8. The monoisotopic (exact) mass is 445 g/mol. The first-order valence-electron chi connectivity index (χ1n) is 10.9. The molecule has 6 rings (SSSR count). The summed E-state index contributed by atoms with van der Waals surface area (Å²) >= 11 is 0. The molecule has 0 saturated heterocycles. The fourth-order valence-electron chi connectivity index (χ4n) is 6.36. The zero-order valence-electron chi connectivity index (χ0n) is 17.2. The molecule has 1 aliphatic heterocycles. The molecule has 0 aromatic heterocycles. The van der Waals surface area contributed by atoms with E-state index in [0.29, 0.717) is 23.4 Å². The summed E-state index contributed by atoms with van der Waals surface area (Å²) in [7, 11) is -3.65. The Kier molecular flexibility index (Phi) is 4.95. The van der Waals surface area contributed by atoms with Crippen LogP contribution in [0.3, 0.4) is 0 Å². The van der Waals surface area contributed by atoms with E-state index in [-0.39, 0.29) is 29.3 Å². The summed E-state index contributed by atoms with van der Waals surface area (Å²) in [4.78, 5) is 25.2. The van der Waals surface area contributed by atoms with Crippen molar-refractivity contribution in [3.05, 3.63) is 36.0 Å². The quantitative estimate of drug-likeness (QED) is 0.549. The molecule has 4 saturated carbocycles. The van der Waals surface area contributed by atoms with E-state index in [2.05, 4.69) is 10.0 Å². The van der Waals surface area contributed by atoms with Gasteiger partial charge in [0.15, 0.2) is 0 Å². The van der Waals surface area contributed by atoms with Crippen molar-refractivity contribution in [1.29, 1.82) is 0 Å². The van der Waals surface area contributed by atoms with Gasteiger partial charge in [0.05, 0.1) is 18.0 Å². The Bertz CT molecular complexity index is 1010. The Morgan fingerprint density at radius 3 is 2.13 bits per heavy atom. The lowest BCUT2D eigenvalue weighted by molar-refractivity contribution is -0.137. The smallest absolute Gasteiger partial charge is 0.277 e. The van der Waals surface area contributed by atoms with E-state index in [0.717, 1.165) is 24.2 Å². The fourth-order valence-corrected chi connectivity index (χ4v) is 7.79. The summed E-state index contributed by atoms with van der Waals surface area (Å²) in [5, 5.41) is 11.8. The number of nitrogens with zero attached hydrogens (tertiary/aromatic N) is 1. The van der Waals surface area contributed by atoms with Gasteiger partial charge >= 0.3 is 0 Å². The van der Waals surface area contributed by atoms with E-state index >= 15 is 0 Å². The SMILES string of the molecule is O=C1C=C(Nc2ccc(S(=O)(=O)NC34CC5CC(CC(C5)C3)C4)cc2)C(=O)N1CCO. The molecule has 3 N–H and O–H groups in total. The van der Waals surface area contributed by atoms with Crippen LogP contribution >= 0.6 is 0 Å². The van der Waals surface area contributed by atoms with E-state index in [1.807, 2.05) is 0 Å². The van der Waals surface area contributed by atoms with Gasteiger partial charge in [0.25, 0.3) is 11.8 Å². The lowest BCUT2D eigenvalue weighted by Gasteiger charge is -2.56. The molecule has 1 aromatic rings. The molecule has 4 aliphatic carbocycles. The van der Waals surface area contributed by atoms with Gasteiger partial charge in [-0.2, -0.15) is 0 Å². The van der Waals surface area contributed by atoms with Crippen molar-refractivity contribution >= 4 is 27.5 Å². The topological polar surface area (TPSA) is 116 Å². The summed E-state index contributed by atoms with van der Waals surface area (Å²) in [6.45, 7) is -0.367. The van der Waals surface area contributed by atoms with Crippen LogP contribution in [-0.4, -0.2) is 48.9 Å². The van der Waals surface area contributed by atoms with Gasteiger partial charge < -0.3 is 10.4 Å². The first-order valence-corrected chi connectivity index (χ1v) is 12.3. The first kappa shape index (κ1) is 20.7. The van der Waals surface area contributed by atoms with Crippen LogP contribution in [0.5, 0.6) is 0 Å². The summed E-state index contributed by atoms with van der Waals surface area (Å²) in [6.07, 6.45) is 7.72. The summed E-state index contributed by atoms with van der Waals surface area (Å²) in [5.74, 6) is 0.933. The minimum absolute atomic E-state index is 0.0630. The lowest BCUT2D eigenvalue weighted by atomic mass is 9.53. The number of aliphatic hydroxyl groups excluding tert-OH is 1. The van der Waals surface area contributed by atoms with Crippen LogP contribution in [-0.2, 0) is 19.6 Å². The minimum atomic E-state index is -3.65. The van der Waals surface area contributed by atoms with Gasteiger partial charge in [-0.25, -0.2) is 13.1 Å². The number of carbonyl (C=O) groups excluding carboxylic acids is 2. The molecule has 5 aliphatic rings. The fraction of sp³-hybridized carbons (Fsp3) is 0.545. The predicted molar refractivity (Wildman–Crippen MR) is 113 cm³/mol. The van der Waals surface area contributed by atoms with E-state index in [4.69, 9.17) is 5.11 Å². The average molecular weight is 446 g/mol. The molecule has 1 aromatic carbocycles. The molecule has 2 amide bonds. The van der Waals surface area contributed by atoms with Gasteiger partial charge in [0, 0.05) is 17.3 Å². The molecule has 8 nitrogen and oxygen atoms in total. The Morgan fingerprint density at radius 1 is 1.00 bits per heavy atom. The van der Waals surface area contributed by atoms with Gasteiger partial charge in [-0.05, 0) is 80.5 Å². The molecule has 0 spiro atoms. The largest absolute Gasteiger partial charge is 0.395 e. The lowest BCUT2D eigenvalue weighted by Crippen LogP contribution is -2.59. The van der Waals surface area contributed by atoms with Gasteiger partial charge in [-0.3, -0.25) is 14.5 Å². The van der Waals surface area contributed by atoms with Crippen molar-refractivity contribution in [3.8, 4) is 0 Å². The van der Waals surface area contributed by atoms with Crippen LogP contribution in [0.25, 0.3) is 0 Å². The van der Waals surface area contributed by atoms with Crippen LogP contribution in [0.4, 0.5) is 5.69 Å². The van der Waals surface area contributed by atoms with E-state index in [1.54, 1.807) is 12.1 Å². The number of hydrogen-bond acceptors (Lipinski definition) is 6. The third kappa shape index (κ3) is 3.79. The number of amides is 2. The molecule has 9 heteroatoms. The first-order chi connectivity index (χ1) is 14.8. The summed E-state index contributed by atoms with van der Waals surface area (Å²) in [5.41, 5.74) is 0.301. The Labute approximate surface area is 181 Å². The number of β-amino-alcohol motifs (C(OH)–C–C–N with tert-alkyl or cyclic N) is 1. The molecule has 0 unspecified atom stereocenters. The predicted octanol–water partition coefficient (Wildman–Crippen LogP) is 1.59. The number of sulfonamides is 1. The number of rotatable bonds is 7. The molecule has 1 heterocycles. The number of imide groups is 1. The van der Waals surface area contributed by atoms with E-state index in [1.165, 1.54) is 37.5 Å². The molecule has 0 atom stereocenters. The van der Waals surface area contributed by atoms with Gasteiger partial charge in [0.2, 0.25) is 10.0 Å². The van der Waals surface area contributed by atoms with Crippen molar-refractivity contribution in [1.82, 2.24) is 9.62 Å². The van der Waals surface area contributed by atoms with Crippen molar-refractivity contribution in [3.63, 3.8) is 0 Å². The number of anilines is 1. The zero-order valence-corrected chi connectivity index (χ0v) is 18.0. The number of carbonyl (C=O) groups is 2. The van der Waals surface area contributed by atoms with Crippen LogP contribution in [0.15, 0.2) is 40.9 Å². The highest BCUT2D eigenvalue weighted by atomic mass is 32.2. The molecule has 4 fully saturated rings. The number of nitrogens with one attached hydrogen (secondary N) is 2. The van der Waals surface area contributed by atoms with Gasteiger partial charge in [-0.15, -0.1) is 0 Å². The van der Waals surface area contributed by atoms with Gasteiger partial charge in [0.1, 0.15) is 5.70 Å². The Morgan fingerprint density at radius 2 is 1.58 bits per heavy atom. The van der Waals surface area contributed by atoms with Crippen molar-refractivity contribution in [2.75, 3.05) is 18.5 Å². The summed E-state index contributed by atoms with van der Waals surface area (Å²) in [6, 6.07) is 6.19. The highest BCUT2D eigenvalue weighted by Gasteiger charge is 2.52. The van der Waals surface area contributed by atoms with E-state index < -0.39 is 21.8 Å². The summed E-state index contributed by atoms with van der Waals surface area (Å²) < 4.78 is 29.3. The maximum atomic E-state index is 13.1. The second-order valence-electron chi connectivity index (χ2n) is 9.53. The van der Waals surface area contributed by atoms with Crippen molar-refractivity contribution < 1.29 is 23.1 Å². The molecular formula is C22H27N3O5S.